The van der Waals surface area contributed by atoms with E-state index < -0.39 is 10.2 Å². The summed E-state index contributed by atoms with van der Waals surface area (Å²) in [6.07, 6.45) is 1.35. The van der Waals surface area contributed by atoms with Crippen molar-refractivity contribution in [2.75, 3.05) is 32.5 Å². The number of hydrogen-bond donors (Lipinski definition) is 1. The Kier molecular flexibility index (Phi) is 6.77. The largest absolute Gasteiger partial charge is 0.325 e. The van der Waals surface area contributed by atoms with Crippen molar-refractivity contribution in [2.24, 2.45) is 5.92 Å². The van der Waals surface area contributed by atoms with Gasteiger partial charge in [-0.1, -0.05) is 42.1 Å². The number of piperidine rings is 1. The van der Waals surface area contributed by atoms with E-state index in [9.17, 15) is 13.2 Å². The van der Waals surface area contributed by atoms with Crippen LogP contribution < -0.4 is 5.32 Å². The topological polar surface area (TPSA) is 69.7 Å². The number of amides is 1. The van der Waals surface area contributed by atoms with Crippen molar-refractivity contribution in [3.05, 3.63) is 54.6 Å². The molecule has 3 rings (SSSR count). The molecule has 1 aliphatic heterocycles. The van der Waals surface area contributed by atoms with E-state index in [2.05, 4.69) is 5.32 Å². The molecule has 1 heterocycles. The maximum atomic E-state index is 12.9. The monoisotopic (exact) mass is 419 g/mol. The molecule has 1 amide bonds. The molecule has 8 heteroatoms. The summed E-state index contributed by atoms with van der Waals surface area (Å²) >= 11 is 1.58. The molecule has 28 heavy (non-hydrogen) atoms. The first kappa shape index (κ1) is 20.9. The molecular weight excluding hydrogens is 394 g/mol. The predicted molar refractivity (Wildman–Crippen MR) is 113 cm³/mol. The molecule has 6 nitrogen and oxygen atoms in total. The SMILES string of the molecule is CN(C)S(=O)(=O)N1CCC[C@H](C(=O)Nc2ccccc2Sc2ccccc2)C1. The molecule has 0 aromatic heterocycles. The number of carbonyl (C=O) groups is 1. The van der Waals surface area contributed by atoms with Gasteiger partial charge in [0.25, 0.3) is 10.2 Å². The lowest BCUT2D eigenvalue weighted by atomic mass is 9.99. The second-order valence-corrected chi connectivity index (χ2v) is 10.1. The lowest BCUT2D eigenvalue weighted by Crippen LogP contribution is -2.47. The Bertz CT molecular complexity index is 917. The Morgan fingerprint density at radius 3 is 2.50 bits per heavy atom. The summed E-state index contributed by atoms with van der Waals surface area (Å²) in [6, 6.07) is 17.6. The van der Waals surface area contributed by atoms with Gasteiger partial charge in [-0.15, -0.1) is 0 Å². The first-order valence-corrected chi connectivity index (χ1v) is 11.4. The van der Waals surface area contributed by atoms with Gasteiger partial charge in [-0.3, -0.25) is 4.79 Å². The standard InChI is InChI=1S/C20H25N3O3S2/c1-22(2)28(25,26)23-14-8-9-16(15-23)20(24)21-18-12-6-7-13-19(18)27-17-10-4-3-5-11-17/h3-7,10-13,16H,8-9,14-15H2,1-2H3,(H,21,24)/t16-/m0/s1. The van der Waals surface area contributed by atoms with Crippen molar-refractivity contribution >= 4 is 33.6 Å². The van der Waals surface area contributed by atoms with Crippen LogP contribution in [-0.4, -0.2) is 50.1 Å². The lowest BCUT2D eigenvalue weighted by molar-refractivity contribution is -0.120. The molecule has 1 saturated heterocycles. The minimum absolute atomic E-state index is 0.139. The molecule has 2 aromatic rings. The van der Waals surface area contributed by atoms with Gasteiger partial charge in [0, 0.05) is 37.0 Å². The third-order valence-electron chi connectivity index (χ3n) is 4.66. The van der Waals surface area contributed by atoms with E-state index >= 15 is 0 Å². The molecule has 1 atom stereocenters. The molecule has 2 aromatic carbocycles. The fraction of sp³-hybridized carbons (Fsp3) is 0.350. The van der Waals surface area contributed by atoms with Crippen LogP contribution in [0.4, 0.5) is 5.69 Å². The first-order chi connectivity index (χ1) is 13.4. The van der Waals surface area contributed by atoms with Crippen LogP contribution >= 0.6 is 11.8 Å². The lowest BCUT2D eigenvalue weighted by Gasteiger charge is -2.32. The Hall–Kier alpha value is -1.87. The number of para-hydroxylation sites is 1. The number of benzene rings is 2. The zero-order chi connectivity index (χ0) is 20.1. The van der Waals surface area contributed by atoms with Gasteiger partial charge >= 0.3 is 0 Å². The van der Waals surface area contributed by atoms with E-state index in [1.165, 1.54) is 22.7 Å². The van der Waals surface area contributed by atoms with Crippen LogP contribution in [0.15, 0.2) is 64.4 Å². The van der Waals surface area contributed by atoms with Gasteiger partial charge in [0.05, 0.1) is 11.6 Å². The summed E-state index contributed by atoms with van der Waals surface area (Å²) in [5.41, 5.74) is 0.744. The van der Waals surface area contributed by atoms with E-state index in [0.29, 0.717) is 19.4 Å². The van der Waals surface area contributed by atoms with Crippen LogP contribution in [0.3, 0.4) is 0 Å². The number of nitrogens with zero attached hydrogens (tertiary/aromatic N) is 2. The molecule has 0 aliphatic carbocycles. The summed E-state index contributed by atoms with van der Waals surface area (Å²) in [6.45, 7) is 0.658. The maximum absolute atomic E-state index is 12.9. The molecule has 1 N–H and O–H groups in total. The third kappa shape index (κ3) is 4.94. The molecule has 0 bridgehead atoms. The molecule has 1 fully saturated rings. The summed E-state index contributed by atoms with van der Waals surface area (Å²) in [4.78, 5) is 14.9. The van der Waals surface area contributed by atoms with Gasteiger partial charge in [-0.25, -0.2) is 0 Å². The number of carbonyl (C=O) groups excluding carboxylic acids is 1. The van der Waals surface area contributed by atoms with Crippen molar-refractivity contribution in [1.82, 2.24) is 8.61 Å². The highest BCUT2D eigenvalue weighted by molar-refractivity contribution is 7.99. The summed E-state index contributed by atoms with van der Waals surface area (Å²) in [5.74, 6) is -0.502. The summed E-state index contributed by atoms with van der Waals surface area (Å²) in [5, 5.41) is 3.01. The van der Waals surface area contributed by atoms with Gasteiger partial charge < -0.3 is 5.32 Å². The van der Waals surface area contributed by atoms with Crippen LogP contribution in [0, 0.1) is 5.92 Å². The molecule has 0 unspecified atom stereocenters. The van der Waals surface area contributed by atoms with Crippen molar-refractivity contribution in [2.45, 2.75) is 22.6 Å². The fourth-order valence-corrected chi connectivity index (χ4v) is 5.22. The van der Waals surface area contributed by atoms with Crippen LogP contribution in [0.25, 0.3) is 0 Å². The minimum Gasteiger partial charge on any atom is -0.325 e. The zero-order valence-electron chi connectivity index (χ0n) is 16.0. The van der Waals surface area contributed by atoms with Gasteiger partial charge in [-0.05, 0) is 37.1 Å². The summed E-state index contributed by atoms with van der Waals surface area (Å²) < 4.78 is 27.4. The summed E-state index contributed by atoms with van der Waals surface area (Å²) in [7, 11) is -0.486. The van der Waals surface area contributed by atoms with Gasteiger partial charge in [0.2, 0.25) is 5.91 Å². The van der Waals surface area contributed by atoms with Crippen molar-refractivity contribution in [1.29, 1.82) is 0 Å². The smallest absolute Gasteiger partial charge is 0.281 e. The van der Waals surface area contributed by atoms with Gasteiger partial charge in [-0.2, -0.15) is 17.0 Å². The van der Waals surface area contributed by atoms with E-state index in [-0.39, 0.29) is 18.4 Å². The average molecular weight is 420 g/mol. The zero-order valence-corrected chi connectivity index (χ0v) is 17.7. The second-order valence-electron chi connectivity index (χ2n) is 6.89. The maximum Gasteiger partial charge on any atom is 0.281 e. The molecule has 150 valence electrons. The average Bonchev–Trinajstić information content (AvgIpc) is 2.70. The molecule has 0 radical (unpaired) electrons. The van der Waals surface area contributed by atoms with E-state index in [0.717, 1.165) is 15.5 Å². The fourth-order valence-electron chi connectivity index (χ4n) is 3.11. The molecule has 0 spiro atoms. The Morgan fingerprint density at radius 2 is 1.79 bits per heavy atom. The highest BCUT2D eigenvalue weighted by atomic mass is 32.2. The number of anilines is 1. The van der Waals surface area contributed by atoms with Crippen LogP contribution in [0.1, 0.15) is 12.8 Å². The predicted octanol–water partition coefficient (Wildman–Crippen LogP) is 3.29. The van der Waals surface area contributed by atoms with Crippen LogP contribution in [0.2, 0.25) is 0 Å². The highest BCUT2D eigenvalue weighted by Crippen LogP contribution is 2.33. The first-order valence-electron chi connectivity index (χ1n) is 9.18. The minimum atomic E-state index is -3.51. The van der Waals surface area contributed by atoms with Gasteiger partial charge in [0.15, 0.2) is 0 Å². The normalized spacial score (nSPS) is 18.2. The van der Waals surface area contributed by atoms with E-state index in [4.69, 9.17) is 0 Å². The Morgan fingerprint density at radius 1 is 1.11 bits per heavy atom. The molecular formula is C20H25N3O3S2. The van der Waals surface area contributed by atoms with E-state index in [1.807, 2.05) is 54.6 Å². The van der Waals surface area contributed by atoms with Crippen LogP contribution in [0.5, 0.6) is 0 Å². The van der Waals surface area contributed by atoms with Crippen molar-refractivity contribution in [3.8, 4) is 0 Å². The number of nitrogens with one attached hydrogen (secondary N) is 1. The van der Waals surface area contributed by atoms with Crippen molar-refractivity contribution < 1.29 is 13.2 Å². The van der Waals surface area contributed by atoms with Crippen LogP contribution in [-0.2, 0) is 15.0 Å². The number of rotatable bonds is 6. The Labute approximate surface area is 171 Å². The van der Waals surface area contributed by atoms with Crippen molar-refractivity contribution in [3.63, 3.8) is 0 Å². The quantitative estimate of drug-likeness (QED) is 0.780. The third-order valence-corrected chi connectivity index (χ3v) is 7.65. The molecule has 1 aliphatic rings. The second kappa shape index (κ2) is 9.09. The highest BCUT2D eigenvalue weighted by Gasteiger charge is 2.33. The molecule has 0 saturated carbocycles. The van der Waals surface area contributed by atoms with Gasteiger partial charge in [0.1, 0.15) is 0 Å². The van der Waals surface area contributed by atoms with E-state index in [1.54, 1.807) is 11.8 Å². The number of hydrogen-bond acceptors (Lipinski definition) is 4. The Balaban J connectivity index is 1.71.